The maximum absolute atomic E-state index is 12.8. The van der Waals surface area contributed by atoms with Gasteiger partial charge in [0.2, 0.25) is 0 Å². The average molecular weight is 542 g/mol. The molecule has 0 unspecified atom stereocenters. The van der Waals surface area contributed by atoms with Gasteiger partial charge in [0, 0.05) is 60.9 Å². The lowest BCUT2D eigenvalue weighted by molar-refractivity contribution is -0.140. The lowest BCUT2D eigenvalue weighted by atomic mass is 9.70. The number of thiazole rings is 1. The highest BCUT2D eigenvalue weighted by molar-refractivity contribution is 7.11. The number of nitrogens with one attached hydrogen (secondary N) is 1. The third-order valence-corrected chi connectivity index (χ3v) is 8.26. The Morgan fingerprint density at radius 2 is 2.03 bits per heavy atom. The summed E-state index contributed by atoms with van der Waals surface area (Å²) >= 11 is 0.719. The number of rotatable bonds is 5. The molecule has 0 bridgehead atoms. The van der Waals surface area contributed by atoms with Gasteiger partial charge in [-0.2, -0.15) is 23.5 Å². The van der Waals surface area contributed by atoms with E-state index in [0.29, 0.717) is 32.6 Å². The SMILES string of the molecule is N#CC[C@]1(n2cc(-c3ncnc4[nH]ccc34)cn2)C[C@@H](N2CCN(C(=O)c3nc(C(F)(F)F)cs3)CC2)C1. The summed E-state index contributed by atoms with van der Waals surface area (Å²) in [5.74, 6) is -0.470. The summed E-state index contributed by atoms with van der Waals surface area (Å²) in [7, 11) is 0. The summed E-state index contributed by atoms with van der Waals surface area (Å²) < 4.78 is 40.4. The predicted octanol–water partition coefficient (Wildman–Crippen LogP) is 3.53. The second kappa shape index (κ2) is 9.17. The lowest BCUT2D eigenvalue weighted by Crippen LogP contribution is -2.60. The molecule has 1 saturated heterocycles. The van der Waals surface area contributed by atoms with Gasteiger partial charge in [-0.05, 0) is 18.9 Å². The molecular formula is C24H22F3N9OS. The summed E-state index contributed by atoms with van der Waals surface area (Å²) in [6.07, 6.45) is 4.23. The van der Waals surface area contributed by atoms with Crippen molar-refractivity contribution >= 4 is 28.3 Å². The molecule has 4 aromatic heterocycles. The molecule has 2 aliphatic rings. The smallest absolute Gasteiger partial charge is 0.346 e. The maximum Gasteiger partial charge on any atom is 0.434 e. The number of hydrogen-bond donors (Lipinski definition) is 1. The van der Waals surface area contributed by atoms with Crippen LogP contribution in [-0.2, 0) is 11.7 Å². The summed E-state index contributed by atoms with van der Waals surface area (Å²) in [6.45, 7) is 2.03. The van der Waals surface area contributed by atoms with Crippen LogP contribution in [0.25, 0.3) is 22.3 Å². The van der Waals surface area contributed by atoms with Crippen molar-refractivity contribution in [1.82, 2.24) is 39.5 Å². The summed E-state index contributed by atoms with van der Waals surface area (Å²) in [6, 6.07) is 4.45. The quantitative estimate of drug-likeness (QED) is 0.411. The van der Waals surface area contributed by atoms with E-state index in [1.165, 1.54) is 6.33 Å². The summed E-state index contributed by atoms with van der Waals surface area (Å²) in [4.78, 5) is 31.7. The number of halogens is 3. The standard InChI is InChI=1S/C24H22F3N9OS/c25-24(26,27)18-13-38-21(33-18)22(37)35-7-5-34(6-8-35)16-9-23(10-16,2-3-28)36-12-15(11-32-36)19-17-1-4-29-20(17)31-14-30-19/h1,4,11-14,16H,2,5-10H2,(H,29,30,31)/t16-,23+. The largest absolute Gasteiger partial charge is 0.434 e. The Kier molecular flexibility index (Phi) is 5.92. The molecule has 0 spiro atoms. The first-order valence-corrected chi connectivity index (χ1v) is 12.9. The fraction of sp³-hybridized carbons (Fsp3) is 0.417. The minimum Gasteiger partial charge on any atom is -0.346 e. The highest BCUT2D eigenvalue weighted by atomic mass is 32.1. The Balaban J connectivity index is 1.10. The average Bonchev–Trinajstić information content (AvgIpc) is 3.65. The number of H-pyrrole nitrogens is 1. The Morgan fingerprint density at radius 3 is 2.74 bits per heavy atom. The van der Waals surface area contributed by atoms with Crippen LogP contribution in [0.2, 0.25) is 0 Å². The molecule has 6 rings (SSSR count). The molecule has 196 valence electrons. The van der Waals surface area contributed by atoms with E-state index in [9.17, 15) is 23.2 Å². The number of piperazine rings is 1. The van der Waals surface area contributed by atoms with E-state index < -0.39 is 23.3 Å². The van der Waals surface area contributed by atoms with Gasteiger partial charge >= 0.3 is 6.18 Å². The van der Waals surface area contributed by atoms with E-state index in [1.54, 1.807) is 11.1 Å². The number of aromatic nitrogens is 6. The minimum atomic E-state index is -4.56. The van der Waals surface area contributed by atoms with Crippen molar-refractivity contribution in [2.24, 2.45) is 0 Å². The third kappa shape index (κ3) is 4.21. The van der Waals surface area contributed by atoms with Crippen molar-refractivity contribution in [2.75, 3.05) is 26.2 Å². The minimum absolute atomic E-state index is 0.141. The Morgan fingerprint density at radius 1 is 1.24 bits per heavy atom. The molecule has 1 aliphatic carbocycles. The maximum atomic E-state index is 12.8. The Hall–Kier alpha value is -3.83. The van der Waals surface area contributed by atoms with Gasteiger partial charge in [0.15, 0.2) is 10.7 Å². The summed E-state index contributed by atoms with van der Waals surface area (Å²) in [5, 5.41) is 15.8. The number of carbonyl (C=O) groups excluding carboxylic acids is 1. The molecule has 14 heteroatoms. The van der Waals surface area contributed by atoms with Crippen LogP contribution in [0.15, 0.2) is 36.4 Å². The van der Waals surface area contributed by atoms with E-state index in [1.807, 2.05) is 23.1 Å². The van der Waals surface area contributed by atoms with Crippen LogP contribution < -0.4 is 0 Å². The highest BCUT2D eigenvalue weighted by Crippen LogP contribution is 2.45. The van der Waals surface area contributed by atoms with Crippen LogP contribution >= 0.6 is 11.3 Å². The summed E-state index contributed by atoms with van der Waals surface area (Å²) in [5.41, 5.74) is 0.900. The molecule has 38 heavy (non-hydrogen) atoms. The zero-order valence-corrected chi connectivity index (χ0v) is 20.8. The van der Waals surface area contributed by atoms with Crippen LogP contribution in [0.5, 0.6) is 0 Å². The van der Waals surface area contributed by atoms with Gasteiger partial charge in [0.25, 0.3) is 5.91 Å². The van der Waals surface area contributed by atoms with E-state index >= 15 is 0 Å². The molecule has 1 aliphatic heterocycles. The molecular weight excluding hydrogens is 519 g/mol. The second-order valence-electron chi connectivity index (χ2n) is 9.62. The van der Waals surface area contributed by atoms with E-state index in [0.717, 1.165) is 51.8 Å². The zero-order valence-electron chi connectivity index (χ0n) is 20.0. The first-order chi connectivity index (χ1) is 18.3. The van der Waals surface area contributed by atoms with Gasteiger partial charge in [-0.1, -0.05) is 0 Å². The van der Waals surface area contributed by atoms with Crippen LogP contribution in [0.3, 0.4) is 0 Å². The number of aromatic amines is 1. The predicted molar refractivity (Wildman–Crippen MR) is 131 cm³/mol. The molecule has 0 aromatic carbocycles. The van der Waals surface area contributed by atoms with Crippen LogP contribution in [0.1, 0.15) is 34.8 Å². The van der Waals surface area contributed by atoms with Gasteiger partial charge in [-0.25, -0.2) is 15.0 Å². The van der Waals surface area contributed by atoms with Crippen LogP contribution in [0, 0.1) is 11.3 Å². The van der Waals surface area contributed by atoms with E-state index in [-0.39, 0.29) is 11.0 Å². The second-order valence-corrected chi connectivity index (χ2v) is 10.5. The normalized spacial score (nSPS) is 22.4. The number of fused-ring (bicyclic) bond motifs is 1. The molecule has 1 saturated carbocycles. The molecule has 0 radical (unpaired) electrons. The van der Waals surface area contributed by atoms with Gasteiger partial charge < -0.3 is 9.88 Å². The van der Waals surface area contributed by atoms with Gasteiger partial charge in [-0.3, -0.25) is 14.4 Å². The van der Waals surface area contributed by atoms with Gasteiger partial charge in [0.1, 0.15) is 12.0 Å². The Bertz CT molecular complexity index is 1520. The molecule has 4 aromatic rings. The number of hydrogen-bond acceptors (Lipinski definition) is 8. The van der Waals surface area contributed by atoms with Crippen molar-refractivity contribution in [3.8, 4) is 17.3 Å². The van der Waals surface area contributed by atoms with Crippen molar-refractivity contribution in [3.05, 3.63) is 47.1 Å². The first kappa shape index (κ1) is 24.5. The van der Waals surface area contributed by atoms with Crippen LogP contribution in [0.4, 0.5) is 13.2 Å². The lowest BCUT2D eigenvalue weighted by Gasteiger charge is -2.52. The van der Waals surface area contributed by atoms with Crippen molar-refractivity contribution in [2.45, 2.75) is 37.0 Å². The molecule has 1 amide bonds. The van der Waals surface area contributed by atoms with Crippen LogP contribution in [-0.4, -0.2) is 77.6 Å². The van der Waals surface area contributed by atoms with Crippen molar-refractivity contribution in [3.63, 3.8) is 0 Å². The fourth-order valence-electron chi connectivity index (χ4n) is 5.37. The number of carbonyl (C=O) groups is 1. The topological polar surface area (TPSA) is 120 Å². The molecule has 10 nitrogen and oxygen atoms in total. The number of amides is 1. The molecule has 2 fully saturated rings. The first-order valence-electron chi connectivity index (χ1n) is 12.0. The monoisotopic (exact) mass is 541 g/mol. The van der Waals surface area contributed by atoms with Gasteiger partial charge in [0.05, 0.1) is 29.9 Å². The van der Waals surface area contributed by atoms with Gasteiger partial charge in [-0.15, -0.1) is 11.3 Å². The van der Waals surface area contributed by atoms with Crippen molar-refractivity contribution < 1.29 is 18.0 Å². The highest BCUT2D eigenvalue weighted by Gasteiger charge is 2.49. The fourth-order valence-corrected chi connectivity index (χ4v) is 6.16. The molecule has 5 heterocycles. The van der Waals surface area contributed by atoms with Crippen molar-refractivity contribution in [1.29, 1.82) is 5.26 Å². The zero-order chi connectivity index (χ0) is 26.5. The number of alkyl halides is 3. The molecule has 1 N–H and O–H groups in total. The van der Waals surface area contributed by atoms with E-state index in [2.05, 4.69) is 36.0 Å². The number of nitriles is 1. The Labute approximate surface area is 218 Å². The number of nitrogens with zero attached hydrogens (tertiary/aromatic N) is 8. The third-order valence-electron chi connectivity index (χ3n) is 7.43. The van der Waals surface area contributed by atoms with E-state index in [4.69, 9.17) is 0 Å². The molecule has 0 atom stereocenters.